The number of halogens is 2. The minimum Gasteiger partial charge on any atom is -0.309 e. The van der Waals surface area contributed by atoms with Crippen LogP contribution in [0.15, 0.2) is 157 Å². The van der Waals surface area contributed by atoms with E-state index in [1.165, 1.54) is 16.7 Å². The van der Waals surface area contributed by atoms with Crippen LogP contribution in [-0.2, 0) is 0 Å². The molecule has 3 aromatic heterocycles. The number of benzene rings is 3. The lowest BCUT2D eigenvalue weighted by atomic mass is 9.92. The molecule has 0 N–H and O–H groups in total. The van der Waals surface area contributed by atoms with Gasteiger partial charge in [-0.15, -0.1) is 0 Å². The fourth-order valence-electron chi connectivity index (χ4n) is 6.44. The van der Waals surface area contributed by atoms with E-state index in [2.05, 4.69) is 185 Å². The molecule has 0 aliphatic heterocycles. The third-order valence-electron chi connectivity index (χ3n) is 9.48. The highest BCUT2D eigenvalue weighted by Gasteiger charge is 2.17. The van der Waals surface area contributed by atoms with Crippen LogP contribution in [-0.4, -0.2) is 91.6 Å². The summed E-state index contributed by atoms with van der Waals surface area (Å²) in [5, 5.41) is 0.774. The van der Waals surface area contributed by atoms with Crippen molar-refractivity contribution in [3.63, 3.8) is 0 Å². The van der Waals surface area contributed by atoms with Crippen LogP contribution in [0.2, 0.25) is 5.02 Å². The average molecular weight is 834 g/mol. The maximum atomic E-state index is 5.97. The number of aromatic nitrogens is 3. The van der Waals surface area contributed by atoms with Gasteiger partial charge in [-0.25, -0.2) is 0 Å². The van der Waals surface area contributed by atoms with Gasteiger partial charge in [0.2, 0.25) is 0 Å². The van der Waals surface area contributed by atoms with Crippen LogP contribution >= 0.6 is 27.5 Å². The Kier molecular flexibility index (Phi) is 19.4. The van der Waals surface area contributed by atoms with Crippen LogP contribution in [0, 0.1) is 0 Å². The topological polar surface area (TPSA) is 48.4 Å². The summed E-state index contributed by atoms with van der Waals surface area (Å²) < 4.78 is 1.11. The lowest BCUT2D eigenvalue weighted by molar-refractivity contribution is 0.389. The number of nitrogens with zero attached hydrogens (tertiary/aromatic N) is 6. The second-order valence-electron chi connectivity index (χ2n) is 14.7. The van der Waals surface area contributed by atoms with Crippen molar-refractivity contribution in [2.24, 2.45) is 0 Å². The standard InChI is InChI=1S/C16H19BrN2.C16H19ClN2.C16H20N2/c2*1-19(2)12-10-15(16-5-3-4-11-18-16)13-6-8-14(17)9-7-13;1-18(2)13-11-15(14-8-4-3-5-9-14)16-10-6-7-12-17-16/h2*3-9,11,15H,10,12H2,1-2H3;3-10,12,15H,11,13H2,1-2H3. The van der Waals surface area contributed by atoms with E-state index < -0.39 is 0 Å². The molecule has 0 spiro atoms. The molecule has 0 saturated heterocycles. The van der Waals surface area contributed by atoms with Gasteiger partial charge in [-0.05, 0) is 159 Å². The molecule has 0 bridgehead atoms. The summed E-state index contributed by atoms with van der Waals surface area (Å²) in [6.45, 7) is 3.15. The molecule has 0 saturated carbocycles. The fraction of sp³-hybridized carbons (Fsp3) is 0.312. The Hall–Kier alpha value is -4.24. The zero-order chi connectivity index (χ0) is 40.1. The Morgan fingerprint density at radius 1 is 0.429 bits per heavy atom. The molecule has 56 heavy (non-hydrogen) atoms. The van der Waals surface area contributed by atoms with E-state index in [0.29, 0.717) is 17.8 Å². The summed E-state index contributed by atoms with van der Waals surface area (Å²) in [6, 6.07) is 45.7. The summed E-state index contributed by atoms with van der Waals surface area (Å²) in [5.74, 6) is 1.06. The van der Waals surface area contributed by atoms with E-state index in [0.717, 1.165) is 65.5 Å². The van der Waals surface area contributed by atoms with Gasteiger partial charge in [0, 0.05) is 62.9 Å². The summed E-state index contributed by atoms with van der Waals surface area (Å²) >= 11 is 9.46. The van der Waals surface area contributed by atoms with E-state index in [4.69, 9.17) is 11.6 Å². The number of hydrogen-bond donors (Lipinski definition) is 0. The van der Waals surface area contributed by atoms with Gasteiger partial charge in [-0.1, -0.05) is 100 Å². The Morgan fingerprint density at radius 2 is 0.750 bits per heavy atom. The van der Waals surface area contributed by atoms with Gasteiger partial charge in [0.05, 0.1) is 0 Å². The summed E-state index contributed by atoms with van der Waals surface area (Å²) in [4.78, 5) is 20.2. The van der Waals surface area contributed by atoms with E-state index in [9.17, 15) is 0 Å². The van der Waals surface area contributed by atoms with Crippen LogP contribution < -0.4 is 0 Å². The molecule has 3 heterocycles. The van der Waals surface area contributed by atoms with Gasteiger partial charge >= 0.3 is 0 Å². The zero-order valence-corrected chi connectivity index (χ0v) is 36.2. The molecule has 0 amide bonds. The summed E-state index contributed by atoms with van der Waals surface area (Å²) in [5.41, 5.74) is 7.36. The number of rotatable bonds is 15. The van der Waals surface area contributed by atoms with Crippen molar-refractivity contribution in [3.05, 3.63) is 195 Å². The molecular weight excluding hydrogens is 776 g/mol. The molecule has 6 nitrogen and oxygen atoms in total. The highest BCUT2D eigenvalue weighted by Crippen LogP contribution is 2.29. The molecule has 6 aromatic rings. The fourth-order valence-corrected chi connectivity index (χ4v) is 6.83. The van der Waals surface area contributed by atoms with Crippen molar-refractivity contribution >= 4 is 27.5 Å². The molecule has 0 fully saturated rings. The molecule has 0 aliphatic rings. The first-order valence-corrected chi connectivity index (χ1v) is 20.5. The Balaban J connectivity index is 0.000000187. The Labute approximate surface area is 349 Å². The third kappa shape index (κ3) is 15.7. The monoisotopic (exact) mass is 832 g/mol. The lowest BCUT2D eigenvalue weighted by Crippen LogP contribution is -2.17. The highest BCUT2D eigenvalue weighted by molar-refractivity contribution is 9.10. The average Bonchev–Trinajstić information content (AvgIpc) is 3.21. The SMILES string of the molecule is CN(C)CCC(c1ccc(Br)cc1)c1ccccn1.CN(C)CCC(c1ccc(Cl)cc1)c1ccccn1.CN(C)CCC(c1ccccc1)c1ccccn1. The summed E-state index contributed by atoms with van der Waals surface area (Å²) in [6.07, 6.45) is 8.82. The molecular formula is C48H58BrClN6. The van der Waals surface area contributed by atoms with Crippen LogP contribution in [0.1, 0.15) is 70.8 Å². The molecule has 3 atom stereocenters. The quantitative estimate of drug-likeness (QED) is 0.103. The number of hydrogen-bond acceptors (Lipinski definition) is 6. The van der Waals surface area contributed by atoms with Gasteiger partial charge in [-0.3, -0.25) is 15.0 Å². The maximum absolute atomic E-state index is 5.97. The van der Waals surface area contributed by atoms with Crippen molar-refractivity contribution in [2.75, 3.05) is 61.9 Å². The minimum atomic E-state index is 0.320. The van der Waals surface area contributed by atoms with E-state index >= 15 is 0 Å². The second kappa shape index (κ2) is 24.4. The Morgan fingerprint density at radius 3 is 1.07 bits per heavy atom. The highest BCUT2D eigenvalue weighted by atomic mass is 79.9. The first-order chi connectivity index (χ1) is 27.1. The predicted molar refractivity (Wildman–Crippen MR) is 240 cm³/mol. The smallest absolute Gasteiger partial charge is 0.0478 e. The van der Waals surface area contributed by atoms with E-state index in [1.54, 1.807) is 0 Å². The predicted octanol–water partition coefficient (Wildman–Crippen LogP) is 10.9. The first-order valence-electron chi connectivity index (χ1n) is 19.3. The molecule has 8 heteroatoms. The van der Waals surface area contributed by atoms with Crippen molar-refractivity contribution in [1.29, 1.82) is 0 Å². The van der Waals surface area contributed by atoms with Gasteiger partial charge < -0.3 is 14.7 Å². The van der Waals surface area contributed by atoms with Crippen molar-refractivity contribution < 1.29 is 0 Å². The molecule has 3 aromatic carbocycles. The van der Waals surface area contributed by atoms with Crippen molar-refractivity contribution in [1.82, 2.24) is 29.7 Å². The van der Waals surface area contributed by atoms with Gasteiger partial charge in [0.15, 0.2) is 0 Å². The van der Waals surface area contributed by atoms with Crippen LogP contribution in [0.3, 0.4) is 0 Å². The molecule has 6 rings (SSSR count). The van der Waals surface area contributed by atoms with Gasteiger partial charge in [-0.2, -0.15) is 0 Å². The zero-order valence-electron chi connectivity index (χ0n) is 33.8. The first kappa shape index (κ1) is 44.5. The normalized spacial score (nSPS) is 12.6. The summed E-state index contributed by atoms with van der Waals surface area (Å²) in [7, 11) is 12.6. The molecule has 3 unspecified atom stereocenters. The Bertz CT molecular complexity index is 1760. The largest absolute Gasteiger partial charge is 0.309 e. The van der Waals surface area contributed by atoms with Crippen LogP contribution in [0.25, 0.3) is 0 Å². The maximum Gasteiger partial charge on any atom is 0.0478 e. The van der Waals surface area contributed by atoms with Gasteiger partial charge in [0.1, 0.15) is 0 Å². The van der Waals surface area contributed by atoms with Crippen LogP contribution in [0.4, 0.5) is 0 Å². The van der Waals surface area contributed by atoms with Crippen molar-refractivity contribution in [3.8, 4) is 0 Å². The molecule has 0 radical (unpaired) electrons. The van der Waals surface area contributed by atoms with Gasteiger partial charge in [0.25, 0.3) is 0 Å². The van der Waals surface area contributed by atoms with Crippen LogP contribution in [0.5, 0.6) is 0 Å². The second-order valence-corrected chi connectivity index (χ2v) is 16.1. The van der Waals surface area contributed by atoms with Crippen molar-refractivity contribution in [2.45, 2.75) is 37.0 Å². The number of pyridine rings is 3. The third-order valence-corrected chi connectivity index (χ3v) is 10.3. The van der Waals surface area contributed by atoms with E-state index in [-0.39, 0.29) is 0 Å². The minimum absolute atomic E-state index is 0.320. The molecule has 294 valence electrons. The lowest BCUT2D eigenvalue weighted by Gasteiger charge is -2.19. The molecule has 0 aliphatic carbocycles. The van der Waals surface area contributed by atoms with E-state index in [1.807, 2.05) is 55.0 Å².